The van der Waals surface area contributed by atoms with E-state index in [9.17, 15) is 0 Å². The van der Waals surface area contributed by atoms with Crippen molar-refractivity contribution in [1.82, 2.24) is 4.98 Å². The molecule has 0 saturated heterocycles. The zero-order valence-corrected chi connectivity index (χ0v) is 9.36. The maximum atomic E-state index is 5.63. The molecule has 0 aliphatic heterocycles. The number of hydrogen-bond donors (Lipinski definition) is 0. The van der Waals surface area contributed by atoms with Crippen molar-refractivity contribution in [2.75, 3.05) is 6.61 Å². The van der Waals surface area contributed by atoms with E-state index in [0.717, 1.165) is 30.2 Å². The van der Waals surface area contributed by atoms with Gasteiger partial charge in [-0.1, -0.05) is 13.3 Å². The van der Waals surface area contributed by atoms with Crippen LogP contribution in [0.5, 0.6) is 0 Å². The first-order chi connectivity index (χ1) is 6.27. The zero-order chi connectivity index (χ0) is 9.68. The van der Waals surface area contributed by atoms with Gasteiger partial charge in [0, 0.05) is 17.7 Å². The minimum Gasteiger partial charge on any atom is -0.371 e. The Balaban J connectivity index is 2.63. The van der Waals surface area contributed by atoms with Crippen LogP contribution in [-0.4, -0.2) is 11.6 Å². The maximum Gasteiger partial charge on any atom is 0.122 e. The lowest BCUT2D eigenvalue weighted by Gasteiger charge is -2.12. The van der Waals surface area contributed by atoms with Gasteiger partial charge in [0.1, 0.15) is 11.1 Å². The van der Waals surface area contributed by atoms with Gasteiger partial charge in [0.05, 0.1) is 0 Å². The van der Waals surface area contributed by atoms with Gasteiger partial charge >= 0.3 is 0 Å². The molecule has 2 nitrogen and oxygen atoms in total. The van der Waals surface area contributed by atoms with Crippen LogP contribution in [-0.2, 0) is 4.74 Å². The van der Waals surface area contributed by atoms with E-state index < -0.39 is 0 Å². The van der Waals surface area contributed by atoms with Gasteiger partial charge in [0.25, 0.3) is 0 Å². The molecular formula is C10H17NOS. The highest BCUT2D eigenvalue weighted by atomic mass is 32.1. The van der Waals surface area contributed by atoms with Crippen LogP contribution >= 0.6 is 11.3 Å². The Hall–Kier alpha value is -0.410. The molecule has 1 aromatic heterocycles. The summed E-state index contributed by atoms with van der Waals surface area (Å²) < 4.78 is 5.63. The number of aromatic nitrogens is 1. The lowest BCUT2D eigenvalue weighted by atomic mass is 10.2. The van der Waals surface area contributed by atoms with Gasteiger partial charge in [-0.25, -0.2) is 4.98 Å². The summed E-state index contributed by atoms with van der Waals surface area (Å²) in [6.45, 7) is 6.99. The summed E-state index contributed by atoms with van der Waals surface area (Å²) in [6, 6.07) is 0. The van der Waals surface area contributed by atoms with Gasteiger partial charge in [0.15, 0.2) is 0 Å². The molecule has 0 spiro atoms. The first-order valence-corrected chi connectivity index (χ1v) is 5.69. The summed E-state index contributed by atoms with van der Waals surface area (Å²) in [4.78, 5) is 4.44. The molecule has 13 heavy (non-hydrogen) atoms. The van der Waals surface area contributed by atoms with E-state index in [2.05, 4.69) is 17.3 Å². The fourth-order valence-corrected chi connectivity index (χ4v) is 2.14. The molecule has 74 valence electrons. The smallest absolute Gasteiger partial charge is 0.122 e. The second-order valence-corrected chi connectivity index (χ2v) is 3.95. The summed E-state index contributed by atoms with van der Waals surface area (Å²) in [5, 5.41) is 3.21. The van der Waals surface area contributed by atoms with E-state index >= 15 is 0 Å². The van der Waals surface area contributed by atoms with Crippen molar-refractivity contribution in [2.45, 2.75) is 39.7 Å². The summed E-state index contributed by atoms with van der Waals surface area (Å²) in [5.74, 6) is 0. The third kappa shape index (κ3) is 3.08. The predicted octanol–water partition coefficient (Wildman–Crippen LogP) is 3.33. The van der Waals surface area contributed by atoms with Gasteiger partial charge in [-0.05, 0) is 20.3 Å². The molecule has 0 radical (unpaired) electrons. The molecule has 0 aliphatic rings. The summed E-state index contributed by atoms with van der Waals surface area (Å²) >= 11 is 1.70. The molecule has 1 atom stereocenters. The maximum absolute atomic E-state index is 5.63. The number of thiazole rings is 1. The van der Waals surface area contributed by atoms with E-state index in [1.54, 1.807) is 11.3 Å². The van der Waals surface area contributed by atoms with Gasteiger partial charge in [-0.3, -0.25) is 0 Å². The van der Waals surface area contributed by atoms with Crippen LogP contribution in [0.25, 0.3) is 0 Å². The van der Waals surface area contributed by atoms with Gasteiger partial charge < -0.3 is 4.74 Å². The highest BCUT2D eigenvalue weighted by Crippen LogP contribution is 2.25. The molecule has 1 unspecified atom stereocenters. The second kappa shape index (κ2) is 5.35. The van der Waals surface area contributed by atoms with Crippen LogP contribution in [0.2, 0.25) is 0 Å². The fraction of sp³-hybridized carbons (Fsp3) is 0.700. The van der Waals surface area contributed by atoms with Gasteiger partial charge in [-0.15, -0.1) is 11.3 Å². The van der Waals surface area contributed by atoms with Crippen molar-refractivity contribution in [3.63, 3.8) is 0 Å². The largest absolute Gasteiger partial charge is 0.371 e. The number of ether oxygens (including phenoxy) is 1. The molecule has 1 aromatic rings. The third-order valence-corrected chi connectivity index (χ3v) is 2.89. The number of hydrogen-bond acceptors (Lipinski definition) is 3. The SMILES string of the molecule is CCCC(OCC)c1nc(C)cs1. The predicted molar refractivity (Wildman–Crippen MR) is 56.1 cm³/mol. The molecule has 1 rings (SSSR count). The zero-order valence-electron chi connectivity index (χ0n) is 8.54. The normalized spacial score (nSPS) is 13.2. The standard InChI is InChI=1S/C10H17NOS/c1-4-6-9(12-5-2)10-11-8(3)7-13-10/h7,9H,4-6H2,1-3H3. The second-order valence-electron chi connectivity index (χ2n) is 3.06. The van der Waals surface area contributed by atoms with E-state index in [1.165, 1.54) is 0 Å². The molecule has 0 amide bonds. The molecule has 3 heteroatoms. The summed E-state index contributed by atoms with van der Waals surface area (Å²) in [6.07, 6.45) is 2.43. The Morgan fingerprint density at radius 2 is 2.31 bits per heavy atom. The van der Waals surface area contributed by atoms with Crippen molar-refractivity contribution in [2.24, 2.45) is 0 Å². The molecule has 0 fully saturated rings. The molecule has 0 aliphatic carbocycles. The molecule has 0 aromatic carbocycles. The Morgan fingerprint density at radius 1 is 1.54 bits per heavy atom. The Morgan fingerprint density at radius 3 is 2.77 bits per heavy atom. The van der Waals surface area contributed by atoms with Crippen LogP contribution in [0, 0.1) is 6.92 Å². The fourth-order valence-electron chi connectivity index (χ4n) is 1.26. The van der Waals surface area contributed by atoms with Crippen molar-refractivity contribution in [3.05, 3.63) is 16.1 Å². The van der Waals surface area contributed by atoms with E-state index in [-0.39, 0.29) is 6.10 Å². The minimum absolute atomic E-state index is 0.216. The Kier molecular flexibility index (Phi) is 4.39. The average Bonchev–Trinajstić information content (AvgIpc) is 2.51. The van der Waals surface area contributed by atoms with Crippen LogP contribution < -0.4 is 0 Å². The van der Waals surface area contributed by atoms with E-state index in [0.29, 0.717) is 0 Å². The number of rotatable bonds is 5. The van der Waals surface area contributed by atoms with Crippen LogP contribution in [0.4, 0.5) is 0 Å². The van der Waals surface area contributed by atoms with Crippen LogP contribution in [0.1, 0.15) is 43.5 Å². The van der Waals surface area contributed by atoms with Crippen molar-refractivity contribution < 1.29 is 4.74 Å². The highest BCUT2D eigenvalue weighted by molar-refractivity contribution is 7.09. The Labute approximate surface area is 84.0 Å². The number of aryl methyl sites for hydroxylation is 1. The van der Waals surface area contributed by atoms with Crippen LogP contribution in [0.15, 0.2) is 5.38 Å². The van der Waals surface area contributed by atoms with E-state index in [1.807, 2.05) is 13.8 Å². The third-order valence-electron chi connectivity index (χ3n) is 1.83. The summed E-state index contributed by atoms with van der Waals surface area (Å²) in [7, 11) is 0. The number of nitrogens with zero attached hydrogens (tertiary/aromatic N) is 1. The molecule has 0 N–H and O–H groups in total. The van der Waals surface area contributed by atoms with Crippen molar-refractivity contribution >= 4 is 11.3 Å². The first-order valence-electron chi connectivity index (χ1n) is 4.81. The quantitative estimate of drug-likeness (QED) is 0.725. The van der Waals surface area contributed by atoms with E-state index in [4.69, 9.17) is 4.74 Å². The van der Waals surface area contributed by atoms with Crippen molar-refractivity contribution in [3.8, 4) is 0 Å². The monoisotopic (exact) mass is 199 g/mol. The lowest BCUT2D eigenvalue weighted by Crippen LogP contribution is -2.03. The van der Waals surface area contributed by atoms with Crippen LogP contribution in [0.3, 0.4) is 0 Å². The highest BCUT2D eigenvalue weighted by Gasteiger charge is 2.13. The Bertz CT molecular complexity index is 241. The summed E-state index contributed by atoms with van der Waals surface area (Å²) in [5.41, 5.74) is 1.10. The van der Waals surface area contributed by atoms with Gasteiger partial charge in [0.2, 0.25) is 0 Å². The first kappa shape index (κ1) is 10.7. The topological polar surface area (TPSA) is 22.1 Å². The molecule has 0 saturated carbocycles. The lowest BCUT2D eigenvalue weighted by molar-refractivity contribution is 0.0554. The van der Waals surface area contributed by atoms with Crippen molar-refractivity contribution in [1.29, 1.82) is 0 Å². The molecule has 1 heterocycles. The van der Waals surface area contributed by atoms with Gasteiger partial charge in [-0.2, -0.15) is 0 Å². The average molecular weight is 199 g/mol. The molecule has 0 bridgehead atoms. The minimum atomic E-state index is 0.216. The molecular weight excluding hydrogens is 182 g/mol.